The van der Waals surface area contributed by atoms with Gasteiger partial charge >= 0.3 is 0 Å². The number of para-hydroxylation sites is 1. The van der Waals surface area contributed by atoms with Gasteiger partial charge in [0.15, 0.2) is 16.6 Å². The molecular formula is C18H19N3O2S. The fraction of sp³-hybridized carbons (Fsp3) is 0.111. The fourth-order valence-corrected chi connectivity index (χ4v) is 2.05. The van der Waals surface area contributed by atoms with Crippen molar-refractivity contribution in [3.63, 3.8) is 0 Å². The molecule has 0 fully saturated rings. The minimum absolute atomic E-state index is 0.0995. The second kappa shape index (κ2) is 9.32. The van der Waals surface area contributed by atoms with Crippen LogP contribution in [0.2, 0.25) is 0 Å². The van der Waals surface area contributed by atoms with Crippen LogP contribution in [0.1, 0.15) is 11.1 Å². The van der Waals surface area contributed by atoms with Crippen LogP contribution in [0.25, 0.3) is 6.08 Å². The van der Waals surface area contributed by atoms with Gasteiger partial charge in [0, 0.05) is 5.56 Å². The summed E-state index contributed by atoms with van der Waals surface area (Å²) in [7, 11) is 1.59. The Balaban J connectivity index is 2.08. The number of nitrogens with two attached hydrogens (primary N) is 1. The van der Waals surface area contributed by atoms with Crippen molar-refractivity contribution in [1.82, 2.24) is 5.43 Å². The van der Waals surface area contributed by atoms with E-state index in [2.05, 4.69) is 10.5 Å². The molecule has 0 saturated carbocycles. The molecule has 0 aliphatic carbocycles. The number of thiocarbonyl (C=S) groups is 1. The molecule has 0 bridgehead atoms. The van der Waals surface area contributed by atoms with Gasteiger partial charge in [0.2, 0.25) is 0 Å². The molecule has 2 aromatic rings. The van der Waals surface area contributed by atoms with Gasteiger partial charge in [0.25, 0.3) is 0 Å². The summed E-state index contributed by atoms with van der Waals surface area (Å²) < 4.78 is 11.2. The van der Waals surface area contributed by atoms with E-state index < -0.39 is 0 Å². The number of benzene rings is 2. The van der Waals surface area contributed by atoms with Gasteiger partial charge in [-0.25, -0.2) is 0 Å². The molecule has 0 amide bonds. The summed E-state index contributed by atoms with van der Waals surface area (Å²) in [4.78, 5) is 0. The summed E-state index contributed by atoms with van der Waals surface area (Å²) in [6.45, 7) is 0.402. The first-order valence-corrected chi connectivity index (χ1v) is 7.71. The zero-order valence-electron chi connectivity index (χ0n) is 13.3. The van der Waals surface area contributed by atoms with E-state index in [9.17, 15) is 0 Å². The third-order valence-electron chi connectivity index (χ3n) is 3.04. The molecule has 0 spiro atoms. The van der Waals surface area contributed by atoms with Gasteiger partial charge < -0.3 is 15.2 Å². The Morgan fingerprint density at radius 1 is 1.21 bits per heavy atom. The van der Waals surface area contributed by atoms with Gasteiger partial charge in [0.05, 0.1) is 13.3 Å². The molecule has 5 nitrogen and oxygen atoms in total. The fourth-order valence-electron chi connectivity index (χ4n) is 1.99. The highest BCUT2D eigenvalue weighted by Crippen LogP contribution is 2.30. The molecule has 0 heterocycles. The topological polar surface area (TPSA) is 68.9 Å². The number of hydrogen-bond donors (Lipinski definition) is 2. The van der Waals surface area contributed by atoms with E-state index in [0.717, 1.165) is 11.1 Å². The zero-order chi connectivity index (χ0) is 17.2. The third-order valence-corrected chi connectivity index (χ3v) is 3.13. The minimum Gasteiger partial charge on any atom is -0.493 e. The normalized spacial score (nSPS) is 10.9. The van der Waals surface area contributed by atoms with Crippen molar-refractivity contribution in [3.8, 4) is 11.5 Å². The summed E-state index contributed by atoms with van der Waals surface area (Å²) >= 11 is 4.71. The molecular weight excluding hydrogens is 322 g/mol. The molecule has 0 radical (unpaired) electrons. The Morgan fingerprint density at radius 3 is 2.71 bits per heavy atom. The Kier molecular flexibility index (Phi) is 6.79. The van der Waals surface area contributed by atoms with Crippen LogP contribution in [0, 0.1) is 0 Å². The monoisotopic (exact) mass is 341 g/mol. The lowest BCUT2D eigenvalue weighted by Crippen LogP contribution is -2.24. The highest BCUT2D eigenvalue weighted by Gasteiger charge is 2.08. The Morgan fingerprint density at radius 2 is 2.00 bits per heavy atom. The van der Waals surface area contributed by atoms with Crippen molar-refractivity contribution < 1.29 is 9.47 Å². The van der Waals surface area contributed by atoms with E-state index >= 15 is 0 Å². The van der Waals surface area contributed by atoms with E-state index in [-0.39, 0.29) is 5.11 Å². The number of ether oxygens (including phenoxy) is 2. The lowest BCUT2D eigenvalue weighted by molar-refractivity contribution is 0.326. The SMILES string of the molecule is COc1cccc(C=NNC(N)=S)c1OCC=Cc1ccccc1. The van der Waals surface area contributed by atoms with Crippen LogP contribution < -0.4 is 20.6 Å². The van der Waals surface area contributed by atoms with Gasteiger partial charge in [-0.2, -0.15) is 5.10 Å². The molecule has 124 valence electrons. The van der Waals surface area contributed by atoms with Crippen molar-refractivity contribution in [2.45, 2.75) is 0 Å². The first kappa shape index (κ1) is 17.5. The van der Waals surface area contributed by atoms with Gasteiger partial charge in [-0.05, 0) is 36.0 Å². The highest BCUT2D eigenvalue weighted by atomic mass is 32.1. The Hall–Kier alpha value is -2.86. The maximum Gasteiger partial charge on any atom is 0.184 e. The molecule has 2 rings (SSSR count). The number of methoxy groups -OCH3 is 1. The van der Waals surface area contributed by atoms with E-state index in [1.54, 1.807) is 13.3 Å². The van der Waals surface area contributed by atoms with Crippen LogP contribution >= 0.6 is 12.2 Å². The maximum absolute atomic E-state index is 5.84. The molecule has 0 aliphatic rings. The van der Waals surface area contributed by atoms with Gasteiger partial charge in [-0.15, -0.1) is 0 Å². The number of hydrogen-bond acceptors (Lipinski definition) is 4. The van der Waals surface area contributed by atoms with Crippen molar-refractivity contribution in [3.05, 3.63) is 65.7 Å². The van der Waals surface area contributed by atoms with Crippen LogP contribution in [0.3, 0.4) is 0 Å². The van der Waals surface area contributed by atoms with Crippen LogP contribution in [-0.2, 0) is 0 Å². The quantitative estimate of drug-likeness (QED) is 0.460. The van der Waals surface area contributed by atoms with E-state index in [1.807, 2.05) is 60.7 Å². The van der Waals surface area contributed by atoms with Gasteiger partial charge in [0.1, 0.15) is 6.61 Å². The third kappa shape index (κ3) is 5.40. The zero-order valence-corrected chi connectivity index (χ0v) is 14.1. The number of nitrogens with zero attached hydrogens (tertiary/aromatic N) is 1. The molecule has 0 aliphatic heterocycles. The van der Waals surface area contributed by atoms with Crippen molar-refractivity contribution in [2.75, 3.05) is 13.7 Å². The van der Waals surface area contributed by atoms with Crippen molar-refractivity contribution in [1.29, 1.82) is 0 Å². The first-order chi connectivity index (χ1) is 11.7. The predicted molar refractivity (Wildman–Crippen MR) is 101 cm³/mol. The first-order valence-electron chi connectivity index (χ1n) is 7.30. The highest BCUT2D eigenvalue weighted by molar-refractivity contribution is 7.80. The molecule has 2 aromatic carbocycles. The second-order valence-electron chi connectivity index (χ2n) is 4.74. The smallest absolute Gasteiger partial charge is 0.184 e. The summed E-state index contributed by atoms with van der Waals surface area (Å²) in [5.74, 6) is 1.23. The van der Waals surface area contributed by atoms with E-state index in [0.29, 0.717) is 18.1 Å². The van der Waals surface area contributed by atoms with Crippen LogP contribution in [-0.4, -0.2) is 25.0 Å². The molecule has 6 heteroatoms. The standard InChI is InChI=1S/C18H19N3O2S/c1-22-16-11-5-10-15(13-20-21-18(19)24)17(16)23-12-6-9-14-7-3-2-4-8-14/h2-11,13H,12H2,1H3,(H3,19,21,24). The molecule has 24 heavy (non-hydrogen) atoms. The van der Waals surface area contributed by atoms with Crippen LogP contribution in [0.5, 0.6) is 11.5 Å². The molecule has 0 unspecified atom stereocenters. The van der Waals surface area contributed by atoms with E-state index in [1.165, 1.54) is 0 Å². The maximum atomic E-state index is 5.84. The van der Waals surface area contributed by atoms with Crippen LogP contribution in [0.4, 0.5) is 0 Å². The predicted octanol–water partition coefficient (Wildman–Crippen LogP) is 2.95. The lowest BCUT2D eigenvalue weighted by Gasteiger charge is -2.11. The molecule has 0 aromatic heterocycles. The van der Waals surface area contributed by atoms with Gasteiger partial charge in [-0.3, -0.25) is 5.43 Å². The van der Waals surface area contributed by atoms with Crippen molar-refractivity contribution >= 4 is 29.6 Å². The molecule has 0 atom stereocenters. The summed E-state index contributed by atoms with van der Waals surface area (Å²) in [6.07, 6.45) is 5.52. The largest absolute Gasteiger partial charge is 0.493 e. The van der Waals surface area contributed by atoms with Crippen LogP contribution in [0.15, 0.2) is 59.7 Å². The molecule has 3 N–H and O–H groups in total. The average Bonchev–Trinajstić information content (AvgIpc) is 2.60. The minimum atomic E-state index is 0.0995. The van der Waals surface area contributed by atoms with Crippen molar-refractivity contribution in [2.24, 2.45) is 10.8 Å². The summed E-state index contributed by atoms with van der Waals surface area (Å²) in [6, 6.07) is 15.6. The lowest BCUT2D eigenvalue weighted by atomic mass is 10.2. The Labute approximate surface area is 146 Å². The Bertz CT molecular complexity index is 730. The number of rotatable bonds is 7. The number of nitrogens with one attached hydrogen (secondary N) is 1. The summed E-state index contributed by atoms with van der Waals surface area (Å²) in [5, 5.41) is 4.06. The average molecular weight is 341 g/mol. The summed E-state index contributed by atoms with van der Waals surface area (Å²) in [5.41, 5.74) is 9.73. The van der Waals surface area contributed by atoms with E-state index in [4.69, 9.17) is 27.4 Å². The second-order valence-corrected chi connectivity index (χ2v) is 5.18. The molecule has 0 saturated heterocycles. The number of hydrazone groups is 1. The van der Waals surface area contributed by atoms with Gasteiger partial charge in [-0.1, -0.05) is 42.5 Å².